The predicted octanol–water partition coefficient (Wildman–Crippen LogP) is 2.62. The van der Waals surface area contributed by atoms with Crippen molar-refractivity contribution in [1.82, 2.24) is 30.7 Å². The van der Waals surface area contributed by atoms with Crippen LogP contribution in [0, 0.1) is 0 Å². The molecule has 1 atom stereocenters. The number of aliphatic imine (C=N–C) groups is 1. The fraction of sp³-hybridized carbons (Fsp3) is 0.435. The van der Waals surface area contributed by atoms with E-state index in [0.29, 0.717) is 24.6 Å². The van der Waals surface area contributed by atoms with E-state index in [1.54, 1.807) is 20.4 Å². The summed E-state index contributed by atoms with van der Waals surface area (Å²) < 4.78 is 10.8. The van der Waals surface area contributed by atoms with Crippen molar-refractivity contribution < 1.29 is 9.15 Å². The Kier molecular flexibility index (Phi) is 7.39. The molecule has 1 saturated heterocycles. The predicted molar refractivity (Wildman–Crippen MR) is 124 cm³/mol. The largest absolute Gasteiger partial charge is 0.497 e. The van der Waals surface area contributed by atoms with E-state index in [1.807, 2.05) is 18.2 Å². The third-order valence-corrected chi connectivity index (χ3v) is 5.67. The number of nitrogens with zero attached hydrogens (tertiary/aromatic N) is 4. The molecule has 1 aromatic carbocycles. The second kappa shape index (κ2) is 10.8. The van der Waals surface area contributed by atoms with Crippen LogP contribution >= 0.6 is 0 Å². The number of rotatable bonds is 9. The van der Waals surface area contributed by atoms with Crippen molar-refractivity contribution in [2.75, 3.05) is 40.3 Å². The molecular weight excluding hydrogens is 406 g/mol. The van der Waals surface area contributed by atoms with Gasteiger partial charge >= 0.3 is 0 Å². The van der Waals surface area contributed by atoms with Gasteiger partial charge in [-0.3, -0.25) is 15.0 Å². The Bertz CT molecular complexity index is 993. The van der Waals surface area contributed by atoms with Crippen LogP contribution in [0.15, 0.2) is 52.1 Å². The molecule has 1 unspecified atom stereocenters. The maximum Gasteiger partial charge on any atom is 0.216 e. The van der Waals surface area contributed by atoms with Crippen LogP contribution in [0.2, 0.25) is 0 Å². The topological polar surface area (TPSA) is 104 Å². The lowest BCUT2D eigenvalue weighted by Gasteiger charge is -2.29. The van der Waals surface area contributed by atoms with E-state index < -0.39 is 0 Å². The molecule has 9 nitrogen and oxygen atoms in total. The minimum atomic E-state index is 0.260. The molecule has 4 rings (SSSR count). The highest BCUT2D eigenvalue weighted by atomic mass is 16.5. The van der Waals surface area contributed by atoms with Crippen LogP contribution < -0.4 is 15.4 Å². The SMILES string of the molecule is CN=C(NCCc1nc(-c2ccco2)n[nH]1)NCC(c1cccc(OC)c1)N1CCCC1. The van der Waals surface area contributed by atoms with E-state index in [2.05, 4.69) is 53.9 Å². The van der Waals surface area contributed by atoms with E-state index in [1.165, 1.54) is 18.4 Å². The number of aromatic nitrogens is 3. The number of furan rings is 1. The third kappa shape index (κ3) is 5.47. The molecular formula is C23H31N7O2. The first-order valence-corrected chi connectivity index (χ1v) is 11.0. The highest BCUT2D eigenvalue weighted by Gasteiger charge is 2.24. The molecule has 0 radical (unpaired) electrons. The van der Waals surface area contributed by atoms with Gasteiger partial charge in [0.25, 0.3) is 0 Å². The molecule has 1 fully saturated rings. The van der Waals surface area contributed by atoms with Gasteiger partial charge in [-0.25, -0.2) is 4.98 Å². The fourth-order valence-corrected chi connectivity index (χ4v) is 4.00. The van der Waals surface area contributed by atoms with Gasteiger partial charge in [0.15, 0.2) is 11.7 Å². The smallest absolute Gasteiger partial charge is 0.216 e. The first-order valence-electron chi connectivity index (χ1n) is 11.0. The molecule has 3 aromatic rings. The Hall–Kier alpha value is -3.33. The van der Waals surface area contributed by atoms with Crippen LogP contribution in [0.3, 0.4) is 0 Å². The molecule has 3 heterocycles. The average Bonchev–Trinajstić information content (AvgIpc) is 3.61. The molecule has 0 spiro atoms. The molecule has 3 N–H and O–H groups in total. The second-order valence-corrected chi connectivity index (χ2v) is 7.75. The lowest BCUT2D eigenvalue weighted by molar-refractivity contribution is 0.245. The van der Waals surface area contributed by atoms with E-state index in [0.717, 1.165) is 37.2 Å². The number of methoxy groups -OCH3 is 1. The van der Waals surface area contributed by atoms with Gasteiger partial charge in [-0.1, -0.05) is 12.1 Å². The number of H-pyrrole nitrogens is 1. The summed E-state index contributed by atoms with van der Waals surface area (Å²) in [6.45, 7) is 3.66. The lowest BCUT2D eigenvalue weighted by atomic mass is 10.1. The molecule has 2 aromatic heterocycles. The van der Waals surface area contributed by atoms with Gasteiger partial charge in [0.1, 0.15) is 11.6 Å². The second-order valence-electron chi connectivity index (χ2n) is 7.75. The van der Waals surface area contributed by atoms with Crippen molar-refractivity contribution in [3.8, 4) is 17.3 Å². The van der Waals surface area contributed by atoms with Crippen LogP contribution in [0.4, 0.5) is 0 Å². The maximum atomic E-state index is 5.44. The fourth-order valence-electron chi connectivity index (χ4n) is 4.00. The molecule has 1 aliphatic heterocycles. The van der Waals surface area contributed by atoms with E-state index in [9.17, 15) is 0 Å². The van der Waals surface area contributed by atoms with Gasteiger partial charge in [0, 0.05) is 26.6 Å². The molecule has 32 heavy (non-hydrogen) atoms. The van der Waals surface area contributed by atoms with Gasteiger partial charge in [-0.05, 0) is 55.8 Å². The number of nitrogens with one attached hydrogen (secondary N) is 3. The summed E-state index contributed by atoms with van der Waals surface area (Å²) in [6.07, 6.45) is 4.79. The van der Waals surface area contributed by atoms with Gasteiger partial charge in [0.2, 0.25) is 5.82 Å². The Morgan fingerprint density at radius 2 is 2.12 bits per heavy atom. The Morgan fingerprint density at radius 3 is 2.88 bits per heavy atom. The van der Waals surface area contributed by atoms with Crippen LogP contribution in [0.25, 0.3) is 11.6 Å². The number of hydrogen-bond acceptors (Lipinski definition) is 6. The van der Waals surface area contributed by atoms with Crippen molar-refractivity contribution in [3.05, 3.63) is 54.0 Å². The van der Waals surface area contributed by atoms with Gasteiger partial charge in [-0.15, -0.1) is 0 Å². The summed E-state index contributed by atoms with van der Waals surface area (Å²) in [7, 11) is 3.50. The maximum absolute atomic E-state index is 5.44. The molecule has 0 amide bonds. The van der Waals surface area contributed by atoms with Crippen LogP contribution in [-0.4, -0.2) is 66.4 Å². The van der Waals surface area contributed by atoms with Crippen molar-refractivity contribution in [3.63, 3.8) is 0 Å². The minimum Gasteiger partial charge on any atom is -0.497 e. The minimum absolute atomic E-state index is 0.260. The lowest BCUT2D eigenvalue weighted by Crippen LogP contribution is -2.43. The summed E-state index contributed by atoms with van der Waals surface area (Å²) in [5.41, 5.74) is 1.25. The first-order chi connectivity index (χ1) is 15.8. The molecule has 0 saturated carbocycles. The van der Waals surface area contributed by atoms with Gasteiger partial charge in [0.05, 0.1) is 19.4 Å². The number of likely N-dealkylation sites (tertiary alicyclic amines) is 1. The molecule has 170 valence electrons. The van der Waals surface area contributed by atoms with Crippen molar-refractivity contribution in [2.24, 2.45) is 4.99 Å². The molecule has 1 aliphatic rings. The molecule has 9 heteroatoms. The standard InChI is InChI=1S/C23H31N7O2/c1-24-23(25-11-10-21-27-22(29-28-21)20-9-6-14-32-20)26-16-19(30-12-3-4-13-30)17-7-5-8-18(15-17)31-2/h5-9,14-15,19H,3-4,10-13,16H2,1-2H3,(H2,24,25,26)(H,27,28,29). The first kappa shape index (κ1) is 21.9. The van der Waals surface area contributed by atoms with Crippen molar-refractivity contribution in [1.29, 1.82) is 0 Å². The van der Waals surface area contributed by atoms with Crippen LogP contribution in [0.5, 0.6) is 5.75 Å². The van der Waals surface area contributed by atoms with Gasteiger partial charge in [-0.2, -0.15) is 5.10 Å². The third-order valence-electron chi connectivity index (χ3n) is 5.67. The quantitative estimate of drug-likeness (QED) is 0.349. The summed E-state index contributed by atoms with van der Waals surface area (Å²) in [5.74, 6) is 3.67. The van der Waals surface area contributed by atoms with Crippen LogP contribution in [0.1, 0.15) is 30.3 Å². The zero-order valence-corrected chi connectivity index (χ0v) is 18.7. The Labute approximate surface area is 188 Å². The highest BCUT2D eigenvalue weighted by Crippen LogP contribution is 2.27. The van der Waals surface area contributed by atoms with Crippen molar-refractivity contribution in [2.45, 2.75) is 25.3 Å². The Balaban J connectivity index is 1.31. The van der Waals surface area contributed by atoms with Crippen molar-refractivity contribution >= 4 is 5.96 Å². The normalized spacial score (nSPS) is 15.6. The summed E-state index contributed by atoms with van der Waals surface area (Å²) in [4.78, 5) is 11.4. The molecule has 0 aliphatic carbocycles. The van der Waals surface area contributed by atoms with E-state index >= 15 is 0 Å². The Morgan fingerprint density at radius 1 is 1.25 bits per heavy atom. The number of benzene rings is 1. The zero-order valence-electron chi connectivity index (χ0n) is 18.7. The van der Waals surface area contributed by atoms with E-state index in [-0.39, 0.29) is 6.04 Å². The zero-order chi connectivity index (χ0) is 22.2. The summed E-state index contributed by atoms with van der Waals surface area (Å²) in [6, 6.07) is 12.3. The van der Waals surface area contributed by atoms with Crippen LogP contribution in [-0.2, 0) is 6.42 Å². The summed E-state index contributed by atoms with van der Waals surface area (Å²) in [5, 5.41) is 14.0. The highest BCUT2D eigenvalue weighted by molar-refractivity contribution is 5.79. The number of aromatic amines is 1. The number of hydrogen-bond donors (Lipinski definition) is 3. The number of guanidine groups is 1. The summed E-state index contributed by atoms with van der Waals surface area (Å²) >= 11 is 0. The monoisotopic (exact) mass is 437 g/mol. The van der Waals surface area contributed by atoms with Gasteiger partial charge < -0.3 is 19.8 Å². The number of ether oxygens (including phenoxy) is 1. The van der Waals surface area contributed by atoms with E-state index in [4.69, 9.17) is 9.15 Å². The average molecular weight is 438 g/mol. The molecule has 0 bridgehead atoms.